The van der Waals surface area contributed by atoms with Crippen LogP contribution in [0.4, 0.5) is 4.39 Å². The van der Waals surface area contributed by atoms with Crippen molar-refractivity contribution in [3.8, 4) is 0 Å². The van der Waals surface area contributed by atoms with Crippen molar-refractivity contribution in [2.45, 2.75) is 25.4 Å². The van der Waals surface area contributed by atoms with Crippen molar-refractivity contribution in [1.82, 2.24) is 24.9 Å². The van der Waals surface area contributed by atoms with Gasteiger partial charge in [-0.15, -0.1) is 5.10 Å². The Morgan fingerprint density at radius 1 is 1.16 bits per heavy atom. The summed E-state index contributed by atoms with van der Waals surface area (Å²) in [4.78, 5) is 32.7. The second kappa shape index (κ2) is 8.81. The van der Waals surface area contributed by atoms with Crippen LogP contribution in [0.15, 0.2) is 47.6 Å². The Bertz CT molecular complexity index is 1300. The number of aromatic nitrogens is 4. The van der Waals surface area contributed by atoms with E-state index in [1.165, 1.54) is 24.8 Å². The van der Waals surface area contributed by atoms with E-state index >= 15 is 0 Å². The normalized spacial score (nSPS) is 11.2. The van der Waals surface area contributed by atoms with Crippen LogP contribution in [0.5, 0.6) is 0 Å². The van der Waals surface area contributed by atoms with Gasteiger partial charge in [0.25, 0.3) is 0 Å². The molecule has 0 unspecified atom stereocenters. The van der Waals surface area contributed by atoms with Crippen molar-refractivity contribution in [3.63, 3.8) is 0 Å². The summed E-state index contributed by atoms with van der Waals surface area (Å²) in [6.07, 6.45) is 0.360. The van der Waals surface area contributed by atoms with Gasteiger partial charge in [-0.05, 0) is 37.1 Å². The number of nitrogens with one attached hydrogen (secondary N) is 1. The smallest absolute Gasteiger partial charge is 0.216 e. The number of fused-ring (bicyclic) bond motifs is 3. The SMILES string of the molecule is CC(=O)NCCc1ccc(C(=O)CSc2nc3ccccc3c3nc(C)nn23)cc1F. The lowest BCUT2D eigenvalue weighted by Crippen LogP contribution is -2.22. The quantitative estimate of drug-likeness (QED) is 0.271. The van der Waals surface area contributed by atoms with Crippen molar-refractivity contribution in [3.05, 3.63) is 65.2 Å². The lowest BCUT2D eigenvalue weighted by molar-refractivity contribution is -0.118. The van der Waals surface area contributed by atoms with E-state index < -0.39 is 5.82 Å². The number of para-hydroxylation sites is 1. The van der Waals surface area contributed by atoms with E-state index in [0.717, 1.165) is 10.9 Å². The molecule has 0 bridgehead atoms. The van der Waals surface area contributed by atoms with Gasteiger partial charge in [-0.25, -0.2) is 14.4 Å². The topological polar surface area (TPSA) is 89.2 Å². The van der Waals surface area contributed by atoms with Crippen molar-refractivity contribution in [2.24, 2.45) is 0 Å². The van der Waals surface area contributed by atoms with E-state index in [9.17, 15) is 14.0 Å². The molecule has 158 valence electrons. The number of halogens is 1. The van der Waals surface area contributed by atoms with E-state index in [1.807, 2.05) is 24.3 Å². The highest BCUT2D eigenvalue weighted by atomic mass is 32.2. The number of thioether (sulfide) groups is 1. The van der Waals surface area contributed by atoms with E-state index in [1.54, 1.807) is 23.6 Å². The molecular weight excluding hydrogens is 417 g/mol. The summed E-state index contributed by atoms with van der Waals surface area (Å²) in [5, 5.41) is 8.47. The lowest BCUT2D eigenvalue weighted by atomic mass is 10.1. The molecule has 2 heterocycles. The molecule has 9 heteroatoms. The first kappa shape index (κ1) is 20.9. The molecule has 0 atom stereocenters. The zero-order chi connectivity index (χ0) is 22.0. The van der Waals surface area contributed by atoms with Crippen molar-refractivity contribution < 1.29 is 14.0 Å². The van der Waals surface area contributed by atoms with E-state index in [4.69, 9.17) is 0 Å². The Kier molecular flexibility index (Phi) is 5.94. The first-order valence-corrected chi connectivity index (χ1v) is 10.7. The molecule has 0 fully saturated rings. The maximum atomic E-state index is 14.4. The molecule has 0 radical (unpaired) electrons. The molecule has 4 aromatic rings. The monoisotopic (exact) mass is 437 g/mol. The number of carbonyl (C=O) groups is 2. The summed E-state index contributed by atoms with van der Waals surface area (Å²) in [6, 6.07) is 12.1. The van der Waals surface area contributed by atoms with Gasteiger partial charge in [-0.3, -0.25) is 9.59 Å². The highest BCUT2D eigenvalue weighted by Gasteiger charge is 2.15. The molecule has 0 saturated carbocycles. The number of rotatable bonds is 7. The van der Waals surface area contributed by atoms with Gasteiger partial charge < -0.3 is 5.32 Å². The first-order valence-electron chi connectivity index (χ1n) is 9.73. The average Bonchev–Trinajstić information content (AvgIpc) is 3.14. The molecule has 7 nitrogen and oxygen atoms in total. The van der Waals surface area contributed by atoms with Crippen molar-refractivity contribution in [2.75, 3.05) is 12.3 Å². The Morgan fingerprint density at radius 3 is 2.74 bits per heavy atom. The van der Waals surface area contributed by atoms with Crippen LogP contribution in [0, 0.1) is 12.7 Å². The minimum atomic E-state index is -0.459. The van der Waals surface area contributed by atoms with Gasteiger partial charge >= 0.3 is 0 Å². The van der Waals surface area contributed by atoms with E-state index in [2.05, 4.69) is 20.4 Å². The molecule has 1 amide bonds. The van der Waals surface area contributed by atoms with Gasteiger partial charge in [0.2, 0.25) is 5.91 Å². The summed E-state index contributed by atoms with van der Waals surface area (Å²) in [6.45, 7) is 3.56. The summed E-state index contributed by atoms with van der Waals surface area (Å²) in [5.74, 6) is -0.132. The van der Waals surface area contributed by atoms with Crippen LogP contribution in [0.2, 0.25) is 0 Å². The third-order valence-corrected chi connectivity index (χ3v) is 5.66. The number of benzene rings is 2. The highest BCUT2D eigenvalue weighted by molar-refractivity contribution is 7.99. The Morgan fingerprint density at radius 2 is 1.97 bits per heavy atom. The van der Waals surface area contributed by atoms with Crippen LogP contribution < -0.4 is 5.32 Å². The predicted octanol–water partition coefficient (Wildman–Crippen LogP) is 3.38. The molecule has 0 aliphatic heterocycles. The van der Waals surface area contributed by atoms with Crippen LogP contribution >= 0.6 is 11.8 Å². The third kappa shape index (κ3) is 4.56. The van der Waals surface area contributed by atoms with Gasteiger partial charge in [0, 0.05) is 24.4 Å². The summed E-state index contributed by atoms with van der Waals surface area (Å²) < 4.78 is 16.0. The second-order valence-corrected chi connectivity index (χ2v) is 8.00. The van der Waals surface area contributed by atoms with Crippen LogP contribution in [0.1, 0.15) is 28.7 Å². The standard InChI is InChI=1S/C22H20FN5O2S/c1-13-25-21-17-5-3-4-6-19(17)26-22(28(21)27-13)31-12-20(30)16-8-7-15(18(23)11-16)9-10-24-14(2)29/h3-8,11H,9-10,12H2,1-2H3,(H,24,29). The van der Waals surface area contributed by atoms with E-state index in [0.29, 0.717) is 40.7 Å². The zero-order valence-electron chi connectivity index (χ0n) is 17.1. The molecule has 2 aromatic heterocycles. The molecule has 0 saturated heterocycles. The number of amides is 1. The highest BCUT2D eigenvalue weighted by Crippen LogP contribution is 2.24. The van der Waals surface area contributed by atoms with Crippen molar-refractivity contribution in [1.29, 1.82) is 0 Å². The summed E-state index contributed by atoms with van der Waals surface area (Å²) in [5.41, 5.74) is 2.20. The summed E-state index contributed by atoms with van der Waals surface area (Å²) >= 11 is 1.24. The van der Waals surface area contributed by atoms with E-state index in [-0.39, 0.29) is 17.4 Å². The largest absolute Gasteiger partial charge is 0.356 e. The van der Waals surface area contributed by atoms with Crippen molar-refractivity contribution >= 4 is 40.0 Å². The van der Waals surface area contributed by atoms with Gasteiger partial charge in [-0.1, -0.05) is 36.0 Å². The second-order valence-electron chi connectivity index (χ2n) is 7.06. The minimum absolute atomic E-state index is 0.0873. The molecule has 31 heavy (non-hydrogen) atoms. The van der Waals surface area contributed by atoms with Gasteiger partial charge in [0.05, 0.1) is 11.3 Å². The molecule has 0 aliphatic rings. The third-order valence-electron chi connectivity index (χ3n) is 4.73. The Balaban J connectivity index is 1.51. The number of nitrogens with zero attached hydrogens (tertiary/aromatic N) is 4. The fourth-order valence-corrected chi connectivity index (χ4v) is 4.08. The zero-order valence-corrected chi connectivity index (χ0v) is 17.9. The minimum Gasteiger partial charge on any atom is -0.356 e. The number of carbonyl (C=O) groups excluding carboxylic acids is 2. The molecule has 0 spiro atoms. The summed E-state index contributed by atoms with van der Waals surface area (Å²) in [7, 11) is 0. The fourth-order valence-electron chi connectivity index (χ4n) is 3.24. The number of hydrogen-bond donors (Lipinski definition) is 1. The molecule has 1 N–H and O–H groups in total. The van der Waals surface area contributed by atoms with Gasteiger partial charge in [-0.2, -0.15) is 4.52 Å². The van der Waals surface area contributed by atoms with Gasteiger partial charge in [0.15, 0.2) is 16.6 Å². The maximum absolute atomic E-state index is 14.4. The maximum Gasteiger partial charge on any atom is 0.216 e. The molecule has 0 aliphatic carbocycles. The lowest BCUT2D eigenvalue weighted by Gasteiger charge is -2.08. The van der Waals surface area contributed by atoms with Crippen LogP contribution in [-0.2, 0) is 11.2 Å². The van der Waals surface area contributed by atoms with Gasteiger partial charge in [0.1, 0.15) is 11.6 Å². The first-order chi connectivity index (χ1) is 14.9. The number of ketones is 1. The molecular formula is C22H20FN5O2S. The fraction of sp³-hybridized carbons (Fsp3) is 0.227. The number of Topliss-reactive ketones (excluding diaryl/α,β-unsaturated/α-hetero) is 1. The Hall–Kier alpha value is -3.33. The van der Waals surface area contributed by atoms with Crippen LogP contribution in [0.25, 0.3) is 16.6 Å². The number of aryl methyl sites for hydroxylation is 1. The average molecular weight is 438 g/mol. The predicted molar refractivity (Wildman–Crippen MR) is 117 cm³/mol. The van der Waals surface area contributed by atoms with Crippen LogP contribution in [-0.4, -0.2) is 43.6 Å². The number of hydrogen-bond acceptors (Lipinski definition) is 6. The molecule has 2 aromatic carbocycles. The molecule has 4 rings (SSSR count). The Labute approximate surface area is 182 Å². The van der Waals surface area contributed by atoms with Crippen LogP contribution in [0.3, 0.4) is 0 Å².